The topological polar surface area (TPSA) is 27.7 Å². The molecule has 0 unspecified atom stereocenters. The van der Waals surface area contributed by atoms with Crippen LogP contribution < -0.4 is 14.2 Å². The van der Waals surface area contributed by atoms with Gasteiger partial charge in [-0.3, -0.25) is 0 Å². The predicted molar refractivity (Wildman–Crippen MR) is 105 cm³/mol. The largest absolute Gasteiger partial charge is 0.497 e. The molecule has 0 aliphatic rings. The molecule has 0 heterocycles. The van der Waals surface area contributed by atoms with Gasteiger partial charge in [0, 0.05) is 11.5 Å². The zero-order chi connectivity index (χ0) is 17.9. The SMILES string of the molecule is COc1cc(COc2cccc3cc4ccccc4cc23)cc(OC)c1. The van der Waals surface area contributed by atoms with Crippen LogP contribution in [-0.4, -0.2) is 14.2 Å². The van der Waals surface area contributed by atoms with Gasteiger partial charge in [0.1, 0.15) is 23.9 Å². The molecule has 0 bridgehead atoms. The third kappa shape index (κ3) is 3.16. The summed E-state index contributed by atoms with van der Waals surface area (Å²) in [5.41, 5.74) is 0.999. The van der Waals surface area contributed by atoms with Gasteiger partial charge in [0.15, 0.2) is 0 Å². The molecule has 0 spiro atoms. The summed E-state index contributed by atoms with van der Waals surface area (Å²) >= 11 is 0. The van der Waals surface area contributed by atoms with Crippen LogP contribution in [0.2, 0.25) is 0 Å². The molecule has 0 saturated carbocycles. The molecule has 0 atom stereocenters. The summed E-state index contributed by atoms with van der Waals surface area (Å²) in [5.74, 6) is 2.38. The van der Waals surface area contributed by atoms with Crippen molar-refractivity contribution in [2.24, 2.45) is 0 Å². The van der Waals surface area contributed by atoms with E-state index >= 15 is 0 Å². The van der Waals surface area contributed by atoms with E-state index in [2.05, 4.69) is 42.5 Å². The van der Waals surface area contributed by atoms with Crippen molar-refractivity contribution in [3.63, 3.8) is 0 Å². The quantitative estimate of drug-likeness (QED) is 0.442. The first-order valence-corrected chi connectivity index (χ1v) is 8.53. The van der Waals surface area contributed by atoms with Gasteiger partial charge in [0.25, 0.3) is 0 Å². The molecule has 0 amide bonds. The van der Waals surface area contributed by atoms with Crippen molar-refractivity contribution >= 4 is 21.5 Å². The van der Waals surface area contributed by atoms with E-state index in [1.165, 1.54) is 16.2 Å². The van der Waals surface area contributed by atoms with Gasteiger partial charge in [-0.1, -0.05) is 36.4 Å². The summed E-state index contributed by atoms with van der Waals surface area (Å²) in [6.07, 6.45) is 0. The molecule has 0 saturated heterocycles. The molecule has 26 heavy (non-hydrogen) atoms. The van der Waals surface area contributed by atoms with Gasteiger partial charge in [-0.2, -0.15) is 0 Å². The van der Waals surface area contributed by atoms with Crippen molar-refractivity contribution in [2.75, 3.05) is 14.2 Å². The van der Waals surface area contributed by atoms with Crippen LogP contribution in [0.5, 0.6) is 17.2 Å². The van der Waals surface area contributed by atoms with Gasteiger partial charge in [0.2, 0.25) is 0 Å². The van der Waals surface area contributed by atoms with Crippen molar-refractivity contribution in [3.8, 4) is 17.2 Å². The number of rotatable bonds is 5. The highest BCUT2D eigenvalue weighted by Crippen LogP contribution is 2.31. The lowest BCUT2D eigenvalue weighted by molar-refractivity contribution is 0.307. The summed E-state index contributed by atoms with van der Waals surface area (Å²) in [7, 11) is 3.30. The van der Waals surface area contributed by atoms with E-state index in [9.17, 15) is 0 Å². The van der Waals surface area contributed by atoms with Crippen LogP contribution in [0, 0.1) is 0 Å². The molecule has 130 valence electrons. The van der Waals surface area contributed by atoms with Crippen LogP contribution in [0.25, 0.3) is 21.5 Å². The third-order valence-electron chi connectivity index (χ3n) is 4.51. The summed E-state index contributed by atoms with van der Waals surface area (Å²) < 4.78 is 16.8. The highest BCUT2D eigenvalue weighted by atomic mass is 16.5. The first-order valence-electron chi connectivity index (χ1n) is 8.53. The van der Waals surface area contributed by atoms with Gasteiger partial charge in [-0.05, 0) is 52.1 Å². The van der Waals surface area contributed by atoms with Crippen LogP contribution in [0.3, 0.4) is 0 Å². The van der Waals surface area contributed by atoms with Crippen LogP contribution in [-0.2, 0) is 6.61 Å². The smallest absolute Gasteiger partial charge is 0.127 e. The van der Waals surface area contributed by atoms with E-state index in [0.29, 0.717) is 6.61 Å². The zero-order valence-corrected chi connectivity index (χ0v) is 14.9. The molecule has 0 aliphatic heterocycles. The Kier molecular flexibility index (Phi) is 4.36. The van der Waals surface area contributed by atoms with E-state index in [0.717, 1.165) is 28.2 Å². The highest BCUT2D eigenvalue weighted by molar-refractivity contribution is 6.00. The lowest BCUT2D eigenvalue weighted by atomic mass is 10.0. The van der Waals surface area contributed by atoms with E-state index in [1.807, 2.05) is 30.3 Å². The minimum absolute atomic E-state index is 0.444. The highest BCUT2D eigenvalue weighted by Gasteiger charge is 2.07. The fourth-order valence-corrected chi connectivity index (χ4v) is 3.17. The third-order valence-corrected chi connectivity index (χ3v) is 4.51. The van der Waals surface area contributed by atoms with Crippen molar-refractivity contribution in [1.82, 2.24) is 0 Å². The Morgan fingerprint density at radius 3 is 2.00 bits per heavy atom. The Bertz CT molecular complexity index is 1050. The average molecular weight is 344 g/mol. The maximum atomic E-state index is 6.14. The Labute approximate surface area is 152 Å². The Hall–Kier alpha value is -3.20. The molecular formula is C23H20O3. The van der Waals surface area contributed by atoms with Gasteiger partial charge in [0.05, 0.1) is 14.2 Å². The Morgan fingerprint density at radius 1 is 0.654 bits per heavy atom. The van der Waals surface area contributed by atoms with Crippen molar-refractivity contribution in [1.29, 1.82) is 0 Å². The second kappa shape index (κ2) is 6.96. The van der Waals surface area contributed by atoms with E-state index in [1.54, 1.807) is 14.2 Å². The molecule has 0 fully saturated rings. The first kappa shape index (κ1) is 16.3. The molecule has 4 aromatic carbocycles. The summed E-state index contributed by atoms with van der Waals surface area (Å²) in [6.45, 7) is 0.444. The molecular weight excluding hydrogens is 324 g/mol. The molecule has 0 radical (unpaired) electrons. The van der Waals surface area contributed by atoms with E-state index < -0.39 is 0 Å². The van der Waals surface area contributed by atoms with E-state index in [-0.39, 0.29) is 0 Å². The van der Waals surface area contributed by atoms with Crippen molar-refractivity contribution < 1.29 is 14.2 Å². The number of benzene rings is 4. The number of methoxy groups -OCH3 is 2. The van der Waals surface area contributed by atoms with Gasteiger partial charge < -0.3 is 14.2 Å². The van der Waals surface area contributed by atoms with Crippen LogP contribution >= 0.6 is 0 Å². The van der Waals surface area contributed by atoms with Crippen molar-refractivity contribution in [2.45, 2.75) is 6.61 Å². The minimum Gasteiger partial charge on any atom is -0.497 e. The molecule has 3 nitrogen and oxygen atoms in total. The second-order valence-electron chi connectivity index (χ2n) is 6.19. The van der Waals surface area contributed by atoms with E-state index in [4.69, 9.17) is 14.2 Å². The molecule has 4 aromatic rings. The number of hydrogen-bond donors (Lipinski definition) is 0. The Morgan fingerprint density at radius 2 is 1.31 bits per heavy atom. The lowest BCUT2D eigenvalue weighted by Crippen LogP contribution is -1.98. The zero-order valence-electron chi connectivity index (χ0n) is 14.9. The van der Waals surface area contributed by atoms with Crippen LogP contribution in [0.1, 0.15) is 5.56 Å². The standard InChI is InChI=1S/C23H20O3/c1-24-20-10-16(11-21(14-20)25-2)15-26-23-9-5-8-19-12-17-6-3-4-7-18(17)13-22(19)23/h3-14H,15H2,1-2H3. The number of ether oxygens (including phenoxy) is 3. The Balaban J connectivity index is 1.68. The van der Waals surface area contributed by atoms with Gasteiger partial charge >= 0.3 is 0 Å². The fourth-order valence-electron chi connectivity index (χ4n) is 3.17. The van der Waals surface area contributed by atoms with Gasteiger partial charge in [-0.25, -0.2) is 0 Å². The molecule has 0 N–H and O–H groups in total. The summed E-state index contributed by atoms with van der Waals surface area (Å²) in [4.78, 5) is 0. The number of fused-ring (bicyclic) bond motifs is 2. The minimum atomic E-state index is 0.444. The first-order chi connectivity index (χ1) is 12.8. The van der Waals surface area contributed by atoms with Crippen molar-refractivity contribution in [3.05, 3.63) is 78.4 Å². The fraction of sp³-hybridized carbons (Fsp3) is 0.130. The van der Waals surface area contributed by atoms with Gasteiger partial charge in [-0.15, -0.1) is 0 Å². The average Bonchev–Trinajstić information content (AvgIpc) is 2.70. The lowest BCUT2D eigenvalue weighted by Gasteiger charge is -2.12. The maximum Gasteiger partial charge on any atom is 0.127 e. The van der Waals surface area contributed by atoms with Crippen LogP contribution in [0.15, 0.2) is 72.8 Å². The normalized spacial score (nSPS) is 10.8. The monoisotopic (exact) mass is 344 g/mol. The summed E-state index contributed by atoms with van der Waals surface area (Å²) in [5, 5.41) is 4.72. The maximum absolute atomic E-state index is 6.14. The number of hydrogen-bond acceptors (Lipinski definition) is 3. The van der Waals surface area contributed by atoms with Crippen LogP contribution in [0.4, 0.5) is 0 Å². The second-order valence-corrected chi connectivity index (χ2v) is 6.19. The predicted octanol–water partition coefficient (Wildman–Crippen LogP) is 5.59. The molecule has 3 heteroatoms. The molecule has 0 aromatic heterocycles. The molecule has 4 rings (SSSR count). The summed E-state index contributed by atoms with van der Waals surface area (Å²) in [6, 6.07) is 24.7. The molecule has 0 aliphatic carbocycles.